The Balaban J connectivity index is 1.47. The number of anilines is 1. The second-order valence-electron chi connectivity index (χ2n) is 5.77. The van der Waals surface area contributed by atoms with E-state index in [2.05, 4.69) is 15.5 Å². The van der Waals surface area contributed by atoms with Crippen molar-refractivity contribution in [2.75, 3.05) is 24.3 Å². The molecule has 27 heavy (non-hydrogen) atoms. The fourth-order valence-electron chi connectivity index (χ4n) is 2.66. The van der Waals surface area contributed by atoms with Gasteiger partial charge in [-0.3, -0.25) is 9.36 Å². The van der Waals surface area contributed by atoms with Crippen LogP contribution in [0.5, 0.6) is 0 Å². The van der Waals surface area contributed by atoms with Gasteiger partial charge in [0.2, 0.25) is 11.7 Å². The standard InChI is InChI=1S/C18H18N4O4S/c23-15(19-13-5-2-1-3-6-13)12-27-18-21-20-17(14-7-4-8-24-14)22(18)11-16-25-9-10-26-16/h1-8,16H,9-12H2,(H,19,23). The number of furan rings is 1. The summed E-state index contributed by atoms with van der Waals surface area (Å²) in [5.74, 6) is 1.26. The van der Waals surface area contributed by atoms with E-state index in [0.29, 0.717) is 36.5 Å². The van der Waals surface area contributed by atoms with Gasteiger partial charge in [-0.05, 0) is 24.3 Å². The summed E-state index contributed by atoms with van der Waals surface area (Å²) in [6, 6.07) is 12.9. The molecule has 9 heteroatoms. The maximum Gasteiger partial charge on any atom is 0.234 e. The summed E-state index contributed by atoms with van der Waals surface area (Å²) in [6.45, 7) is 1.54. The molecule has 1 N–H and O–H groups in total. The maximum absolute atomic E-state index is 12.2. The summed E-state index contributed by atoms with van der Waals surface area (Å²) in [6.07, 6.45) is 1.21. The quantitative estimate of drug-likeness (QED) is 0.624. The molecule has 0 saturated carbocycles. The number of aromatic nitrogens is 3. The highest BCUT2D eigenvalue weighted by molar-refractivity contribution is 7.99. The van der Waals surface area contributed by atoms with Gasteiger partial charge in [-0.2, -0.15) is 0 Å². The number of rotatable bonds is 7. The third-order valence-electron chi connectivity index (χ3n) is 3.87. The van der Waals surface area contributed by atoms with E-state index in [1.807, 2.05) is 41.0 Å². The van der Waals surface area contributed by atoms with E-state index < -0.39 is 0 Å². The fraction of sp³-hybridized carbons (Fsp3) is 0.278. The third-order valence-corrected chi connectivity index (χ3v) is 4.84. The largest absolute Gasteiger partial charge is 0.461 e. The molecule has 0 atom stereocenters. The number of para-hydroxylation sites is 1. The fourth-order valence-corrected chi connectivity index (χ4v) is 3.41. The van der Waals surface area contributed by atoms with Crippen LogP contribution in [-0.4, -0.2) is 45.9 Å². The number of amides is 1. The Hall–Kier alpha value is -2.62. The molecule has 3 aromatic rings. The molecular formula is C18H18N4O4S. The van der Waals surface area contributed by atoms with Gasteiger partial charge in [-0.15, -0.1) is 10.2 Å². The van der Waals surface area contributed by atoms with Gasteiger partial charge in [-0.25, -0.2) is 0 Å². The van der Waals surface area contributed by atoms with E-state index in [-0.39, 0.29) is 18.0 Å². The Labute approximate surface area is 159 Å². The zero-order valence-electron chi connectivity index (χ0n) is 14.4. The van der Waals surface area contributed by atoms with Crippen LogP contribution in [0, 0.1) is 0 Å². The summed E-state index contributed by atoms with van der Waals surface area (Å²) in [4.78, 5) is 12.2. The Morgan fingerprint density at radius 2 is 1.96 bits per heavy atom. The van der Waals surface area contributed by atoms with Gasteiger partial charge in [0.1, 0.15) is 0 Å². The highest BCUT2D eigenvalue weighted by atomic mass is 32.2. The molecule has 1 fully saturated rings. The first-order chi connectivity index (χ1) is 13.3. The van der Waals surface area contributed by atoms with Crippen LogP contribution >= 0.6 is 11.8 Å². The Morgan fingerprint density at radius 3 is 2.70 bits per heavy atom. The zero-order valence-corrected chi connectivity index (χ0v) is 15.2. The minimum Gasteiger partial charge on any atom is -0.461 e. The lowest BCUT2D eigenvalue weighted by Crippen LogP contribution is -2.19. The number of thioether (sulfide) groups is 1. The number of benzene rings is 1. The number of ether oxygens (including phenoxy) is 2. The van der Waals surface area contributed by atoms with Gasteiger partial charge in [0.05, 0.1) is 31.8 Å². The smallest absolute Gasteiger partial charge is 0.234 e. The highest BCUT2D eigenvalue weighted by Crippen LogP contribution is 2.26. The van der Waals surface area contributed by atoms with Crippen molar-refractivity contribution in [2.24, 2.45) is 0 Å². The van der Waals surface area contributed by atoms with Crippen molar-refractivity contribution in [3.8, 4) is 11.6 Å². The van der Waals surface area contributed by atoms with Gasteiger partial charge in [0, 0.05) is 5.69 Å². The number of carbonyl (C=O) groups is 1. The predicted octanol–water partition coefficient (Wildman–Crippen LogP) is 2.64. The van der Waals surface area contributed by atoms with Crippen LogP contribution in [0.15, 0.2) is 58.3 Å². The molecule has 1 amide bonds. The first-order valence-corrected chi connectivity index (χ1v) is 9.46. The van der Waals surface area contributed by atoms with Crippen molar-refractivity contribution in [1.29, 1.82) is 0 Å². The molecule has 0 unspecified atom stereocenters. The first kappa shape index (κ1) is 17.8. The maximum atomic E-state index is 12.2. The van der Waals surface area contributed by atoms with Gasteiger partial charge in [-0.1, -0.05) is 30.0 Å². The second kappa shape index (κ2) is 8.38. The number of carbonyl (C=O) groups excluding carboxylic acids is 1. The summed E-state index contributed by atoms with van der Waals surface area (Å²) in [5.41, 5.74) is 0.758. The van der Waals surface area contributed by atoms with Crippen molar-refractivity contribution in [2.45, 2.75) is 18.0 Å². The van der Waals surface area contributed by atoms with E-state index in [1.54, 1.807) is 12.3 Å². The molecule has 4 rings (SSSR count). The molecule has 2 aromatic heterocycles. The van der Waals surface area contributed by atoms with Crippen LogP contribution in [0.25, 0.3) is 11.6 Å². The molecule has 1 aliphatic rings. The molecule has 140 valence electrons. The van der Waals surface area contributed by atoms with Crippen molar-refractivity contribution < 1.29 is 18.7 Å². The number of nitrogens with zero attached hydrogens (tertiary/aromatic N) is 3. The van der Waals surface area contributed by atoms with Gasteiger partial charge in [0.25, 0.3) is 0 Å². The van der Waals surface area contributed by atoms with Crippen LogP contribution in [-0.2, 0) is 20.8 Å². The summed E-state index contributed by atoms with van der Waals surface area (Å²) >= 11 is 1.30. The Bertz CT molecular complexity index is 876. The molecule has 0 spiro atoms. The van der Waals surface area contributed by atoms with Crippen LogP contribution < -0.4 is 5.32 Å². The topological polar surface area (TPSA) is 91.4 Å². The summed E-state index contributed by atoms with van der Waals surface area (Å²) in [7, 11) is 0. The molecule has 8 nitrogen and oxygen atoms in total. The van der Waals surface area contributed by atoms with Crippen LogP contribution in [0.2, 0.25) is 0 Å². The van der Waals surface area contributed by atoms with Crippen LogP contribution in [0.3, 0.4) is 0 Å². The van der Waals surface area contributed by atoms with E-state index >= 15 is 0 Å². The van der Waals surface area contributed by atoms with E-state index in [1.165, 1.54) is 11.8 Å². The molecule has 0 aliphatic carbocycles. The highest BCUT2D eigenvalue weighted by Gasteiger charge is 2.23. The average molecular weight is 386 g/mol. The van der Waals surface area contributed by atoms with Crippen molar-refractivity contribution in [1.82, 2.24) is 14.8 Å². The number of nitrogens with one attached hydrogen (secondary N) is 1. The summed E-state index contributed by atoms with van der Waals surface area (Å²) in [5, 5.41) is 11.9. The van der Waals surface area contributed by atoms with E-state index in [9.17, 15) is 4.79 Å². The predicted molar refractivity (Wildman–Crippen MR) is 99.2 cm³/mol. The molecule has 1 aliphatic heterocycles. The zero-order chi connectivity index (χ0) is 18.5. The molecular weight excluding hydrogens is 368 g/mol. The molecule has 1 saturated heterocycles. The van der Waals surface area contributed by atoms with Gasteiger partial charge >= 0.3 is 0 Å². The van der Waals surface area contributed by atoms with Crippen LogP contribution in [0.1, 0.15) is 0 Å². The van der Waals surface area contributed by atoms with E-state index in [4.69, 9.17) is 13.9 Å². The van der Waals surface area contributed by atoms with E-state index in [0.717, 1.165) is 5.69 Å². The molecule has 1 aromatic carbocycles. The molecule has 3 heterocycles. The molecule has 0 radical (unpaired) electrons. The van der Waals surface area contributed by atoms with Gasteiger partial charge < -0.3 is 19.2 Å². The second-order valence-corrected chi connectivity index (χ2v) is 6.71. The first-order valence-electron chi connectivity index (χ1n) is 8.47. The van der Waals surface area contributed by atoms with Crippen molar-refractivity contribution in [3.63, 3.8) is 0 Å². The number of hydrogen-bond acceptors (Lipinski definition) is 7. The average Bonchev–Trinajstić information content (AvgIpc) is 3.44. The minimum atomic E-state index is -0.368. The minimum absolute atomic E-state index is 0.117. The third kappa shape index (κ3) is 4.38. The van der Waals surface area contributed by atoms with Crippen molar-refractivity contribution >= 4 is 23.4 Å². The lowest BCUT2D eigenvalue weighted by molar-refractivity contribution is -0.113. The van der Waals surface area contributed by atoms with Crippen molar-refractivity contribution in [3.05, 3.63) is 48.7 Å². The Kier molecular flexibility index (Phi) is 5.52. The summed E-state index contributed by atoms with van der Waals surface area (Å²) < 4.78 is 18.4. The number of hydrogen-bond donors (Lipinski definition) is 1. The lowest BCUT2D eigenvalue weighted by Gasteiger charge is -2.13. The molecule has 0 bridgehead atoms. The lowest BCUT2D eigenvalue weighted by atomic mass is 10.3. The van der Waals surface area contributed by atoms with Gasteiger partial charge in [0.15, 0.2) is 17.2 Å². The normalized spacial score (nSPS) is 14.5. The Morgan fingerprint density at radius 1 is 1.15 bits per heavy atom. The monoisotopic (exact) mass is 386 g/mol. The SMILES string of the molecule is O=C(CSc1nnc(-c2ccco2)n1CC1OCCO1)Nc1ccccc1. The van der Waals surface area contributed by atoms with Crippen LogP contribution in [0.4, 0.5) is 5.69 Å².